The van der Waals surface area contributed by atoms with Crippen molar-refractivity contribution < 1.29 is 9.84 Å². The fourth-order valence-electron chi connectivity index (χ4n) is 1.74. The first-order valence-corrected chi connectivity index (χ1v) is 5.90. The van der Waals surface area contributed by atoms with Crippen LogP contribution in [0.3, 0.4) is 0 Å². The Morgan fingerprint density at radius 1 is 1.53 bits per heavy atom. The van der Waals surface area contributed by atoms with Crippen LogP contribution in [-0.2, 0) is 0 Å². The van der Waals surface area contributed by atoms with E-state index in [9.17, 15) is 5.11 Å². The van der Waals surface area contributed by atoms with Crippen LogP contribution in [0.4, 0.5) is 0 Å². The van der Waals surface area contributed by atoms with Crippen molar-refractivity contribution >= 4 is 11.6 Å². The molecule has 2 unspecified atom stereocenters. The Morgan fingerprint density at radius 3 is 2.71 bits per heavy atom. The second kappa shape index (κ2) is 6.81. The SMILES string of the molecule is CNC(CCN)C(O)c1ccc(OC)c(Cl)c1. The molecule has 0 amide bonds. The minimum absolute atomic E-state index is 0.0792. The maximum Gasteiger partial charge on any atom is 0.137 e. The Labute approximate surface area is 107 Å². The van der Waals surface area contributed by atoms with Gasteiger partial charge in [0.1, 0.15) is 5.75 Å². The van der Waals surface area contributed by atoms with Gasteiger partial charge in [-0.05, 0) is 37.7 Å². The van der Waals surface area contributed by atoms with Crippen molar-refractivity contribution in [2.75, 3.05) is 20.7 Å². The number of hydrogen-bond donors (Lipinski definition) is 3. The van der Waals surface area contributed by atoms with E-state index in [0.717, 1.165) is 5.56 Å². The van der Waals surface area contributed by atoms with Crippen LogP contribution in [0.1, 0.15) is 18.1 Å². The van der Waals surface area contributed by atoms with Crippen LogP contribution in [0.5, 0.6) is 5.75 Å². The summed E-state index contributed by atoms with van der Waals surface area (Å²) in [7, 11) is 3.36. The van der Waals surface area contributed by atoms with E-state index >= 15 is 0 Å². The van der Waals surface area contributed by atoms with Gasteiger partial charge in [0.2, 0.25) is 0 Å². The van der Waals surface area contributed by atoms with E-state index in [1.165, 1.54) is 0 Å². The van der Waals surface area contributed by atoms with Crippen molar-refractivity contribution in [3.05, 3.63) is 28.8 Å². The summed E-state index contributed by atoms with van der Waals surface area (Å²) in [5, 5.41) is 13.7. The number of hydrogen-bond acceptors (Lipinski definition) is 4. The number of benzene rings is 1. The van der Waals surface area contributed by atoms with E-state index in [1.54, 1.807) is 32.4 Å². The molecule has 0 saturated heterocycles. The summed E-state index contributed by atoms with van der Waals surface area (Å²) in [4.78, 5) is 0. The van der Waals surface area contributed by atoms with Gasteiger partial charge in [0.05, 0.1) is 18.2 Å². The van der Waals surface area contributed by atoms with E-state index in [4.69, 9.17) is 22.1 Å². The highest BCUT2D eigenvalue weighted by molar-refractivity contribution is 6.32. The van der Waals surface area contributed by atoms with Crippen molar-refractivity contribution in [1.29, 1.82) is 0 Å². The van der Waals surface area contributed by atoms with Crippen LogP contribution in [0, 0.1) is 0 Å². The average Bonchev–Trinajstić information content (AvgIpc) is 2.35. The Bertz CT molecular complexity index is 360. The third-order valence-corrected chi connectivity index (χ3v) is 3.04. The predicted molar refractivity (Wildman–Crippen MR) is 69.5 cm³/mol. The molecule has 17 heavy (non-hydrogen) atoms. The van der Waals surface area contributed by atoms with E-state index < -0.39 is 6.10 Å². The fraction of sp³-hybridized carbons (Fsp3) is 0.500. The molecule has 1 aromatic rings. The number of nitrogens with two attached hydrogens (primary N) is 1. The molecule has 0 saturated carbocycles. The first-order chi connectivity index (χ1) is 8.13. The van der Waals surface area contributed by atoms with Crippen LogP contribution in [0.25, 0.3) is 0 Å². The van der Waals surface area contributed by atoms with Gasteiger partial charge in [0.15, 0.2) is 0 Å². The summed E-state index contributed by atoms with van der Waals surface area (Å²) < 4.78 is 5.06. The van der Waals surface area contributed by atoms with Gasteiger partial charge >= 0.3 is 0 Å². The van der Waals surface area contributed by atoms with Gasteiger partial charge in [-0.3, -0.25) is 0 Å². The third kappa shape index (κ3) is 3.57. The van der Waals surface area contributed by atoms with Crippen LogP contribution in [0.2, 0.25) is 5.02 Å². The molecule has 0 aliphatic heterocycles. The van der Waals surface area contributed by atoms with Crippen LogP contribution in [-0.4, -0.2) is 31.9 Å². The van der Waals surface area contributed by atoms with E-state index in [0.29, 0.717) is 23.7 Å². The molecule has 0 spiro atoms. The highest BCUT2D eigenvalue weighted by Gasteiger charge is 2.19. The molecule has 2 atom stereocenters. The number of aliphatic hydroxyl groups is 1. The van der Waals surface area contributed by atoms with Crippen molar-refractivity contribution in [2.45, 2.75) is 18.6 Å². The molecule has 0 aliphatic rings. The molecule has 4 nitrogen and oxygen atoms in total. The van der Waals surface area contributed by atoms with Crippen molar-refractivity contribution in [2.24, 2.45) is 5.73 Å². The average molecular weight is 259 g/mol. The molecule has 0 radical (unpaired) electrons. The Morgan fingerprint density at radius 2 is 2.24 bits per heavy atom. The molecule has 1 aromatic carbocycles. The van der Waals surface area contributed by atoms with Gasteiger partial charge in [-0.25, -0.2) is 0 Å². The first-order valence-electron chi connectivity index (χ1n) is 5.52. The number of methoxy groups -OCH3 is 1. The zero-order chi connectivity index (χ0) is 12.8. The van der Waals surface area contributed by atoms with Gasteiger partial charge in [0, 0.05) is 6.04 Å². The lowest BCUT2D eigenvalue weighted by Gasteiger charge is -2.22. The molecule has 4 N–H and O–H groups in total. The monoisotopic (exact) mass is 258 g/mol. The van der Waals surface area contributed by atoms with E-state index in [2.05, 4.69) is 5.32 Å². The van der Waals surface area contributed by atoms with E-state index in [1.807, 2.05) is 0 Å². The summed E-state index contributed by atoms with van der Waals surface area (Å²) in [6, 6.07) is 5.18. The Kier molecular flexibility index (Phi) is 5.71. The second-order valence-corrected chi connectivity index (χ2v) is 4.22. The molecule has 0 bridgehead atoms. The zero-order valence-corrected chi connectivity index (χ0v) is 10.9. The highest BCUT2D eigenvalue weighted by atomic mass is 35.5. The number of aliphatic hydroxyl groups excluding tert-OH is 1. The maximum atomic E-state index is 10.2. The smallest absolute Gasteiger partial charge is 0.137 e. The zero-order valence-electron chi connectivity index (χ0n) is 10.1. The van der Waals surface area contributed by atoms with Crippen LogP contribution in [0.15, 0.2) is 18.2 Å². The van der Waals surface area contributed by atoms with Crippen molar-refractivity contribution in [1.82, 2.24) is 5.32 Å². The molecular weight excluding hydrogens is 240 g/mol. The van der Waals surface area contributed by atoms with Gasteiger partial charge in [-0.1, -0.05) is 17.7 Å². The van der Waals surface area contributed by atoms with Gasteiger partial charge in [0.25, 0.3) is 0 Å². The Hall–Kier alpha value is -0.810. The summed E-state index contributed by atoms with van der Waals surface area (Å²) in [6.07, 6.45) is 0.0633. The number of rotatable bonds is 6. The number of nitrogens with one attached hydrogen (secondary N) is 1. The second-order valence-electron chi connectivity index (χ2n) is 3.81. The number of ether oxygens (including phenoxy) is 1. The maximum absolute atomic E-state index is 10.2. The Balaban J connectivity index is 2.87. The summed E-state index contributed by atoms with van der Waals surface area (Å²) in [5.41, 5.74) is 6.25. The minimum Gasteiger partial charge on any atom is -0.495 e. The van der Waals surface area contributed by atoms with E-state index in [-0.39, 0.29) is 6.04 Å². The molecular formula is C12H19ClN2O2. The largest absolute Gasteiger partial charge is 0.495 e. The fourth-order valence-corrected chi connectivity index (χ4v) is 2.00. The minimum atomic E-state index is -0.632. The molecule has 1 rings (SSSR count). The normalized spacial score (nSPS) is 14.4. The number of likely N-dealkylation sites (N-methyl/N-ethyl adjacent to an activating group) is 1. The van der Waals surface area contributed by atoms with Gasteiger partial charge in [-0.15, -0.1) is 0 Å². The molecule has 96 valence electrons. The quantitative estimate of drug-likeness (QED) is 0.720. The summed E-state index contributed by atoms with van der Waals surface area (Å²) in [6.45, 7) is 0.520. The third-order valence-electron chi connectivity index (χ3n) is 2.75. The summed E-state index contributed by atoms with van der Waals surface area (Å²) >= 11 is 6.02. The summed E-state index contributed by atoms with van der Waals surface area (Å²) in [5.74, 6) is 0.599. The predicted octanol–water partition coefficient (Wildman–Crippen LogP) is 1.32. The molecule has 0 fully saturated rings. The lowest BCUT2D eigenvalue weighted by Crippen LogP contribution is -2.34. The molecule has 0 heterocycles. The molecule has 0 aliphatic carbocycles. The van der Waals surface area contributed by atoms with Crippen molar-refractivity contribution in [3.8, 4) is 5.75 Å². The lowest BCUT2D eigenvalue weighted by molar-refractivity contribution is 0.129. The van der Waals surface area contributed by atoms with Crippen LogP contribution >= 0.6 is 11.6 Å². The van der Waals surface area contributed by atoms with Gasteiger partial charge < -0.3 is 20.9 Å². The lowest BCUT2D eigenvalue weighted by atomic mass is 10.00. The molecule has 5 heteroatoms. The number of halogens is 1. The van der Waals surface area contributed by atoms with Crippen molar-refractivity contribution in [3.63, 3.8) is 0 Å². The van der Waals surface area contributed by atoms with Crippen LogP contribution < -0.4 is 15.8 Å². The topological polar surface area (TPSA) is 67.5 Å². The standard InChI is InChI=1S/C12H19ClN2O2/c1-15-10(5-6-14)12(16)8-3-4-11(17-2)9(13)7-8/h3-4,7,10,12,15-16H,5-6,14H2,1-2H3. The first kappa shape index (κ1) is 14.3. The highest BCUT2D eigenvalue weighted by Crippen LogP contribution is 2.29. The molecule has 0 aromatic heterocycles. The van der Waals surface area contributed by atoms with Gasteiger partial charge in [-0.2, -0.15) is 0 Å².